The molecule has 3 rings (SSSR count). The maximum Gasteiger partial charge on any atom is 0.222 e. The van der Waals surface area contributed by atoms with Gasteiger partial charge in [0.2, 0.25) is 5.91 Å². The number of nitrogens with zero attached hydrogens (tertiary/aromatic N) is 1. The van der Waals surface area contributed by atoms with E-state index in [-0.39, 0.29) is 18.3 Å². The number of H-pyrrole nitrogens is 1. The van der Waals surface area contributed by atoms with Gasteiger partial charge in [0.15, 0.2) is 0 Å². The number of hydrogen-bond donors (Lipinski definition) is 2. The number of carbonyl (C=O) groups excluding carboxylic acids is 1. The van der Waals surface area contributed by atoms with Crippen LogP contribution >= 0.6 is 0 Å². The Morgan fingerprint density at radius 1 is 1.15 bits per heavy atom. The summed E-state index contributed by atoms with van der Waals surface area (Å²) < 4.78 is 13.3. The molecule has 0 fully saturated rings. The summed E-state index contributed by atoms with van der Waals surface area (Å²) in [6.07, 6.45) is 0.946. The number of aryl methyl sites for hydroxylation is 1. The molecule has 26 heavy (non-hydrogen) atoms. The van der Waals surface area contributed by atoms with Gasteiger partial charge in [-0.15, -0.1) is 0 Å². The number of fused-ring (bicyclic) bond motifs is 1. The number of hydrogen-bond acceptors (Lipinski definition) is 2. The van der Waals surface area contributed by atoms with Gasteiger partial charge in [0, 0.05) is 36.1 Å². The zero-order chi connectivity index (χ0) is 18.5. The highest BCUT2D eigenvalue weighted by atomic mass is 19.1. The Morgan fingerprint density at radius 2 is 1.88 bits per heavy atom. The minimum Gasteiger partial charge on any atom is -0.395 e. The fourth-order valence-corrected chi connectivity index (χ4v) is 3.29. The van der Waals surface area contributed by atoms with Crippen molar-refractivity contribution in [3.63, 3.8) is 0 Å². The van der Waals surface area contributed by atoms with E-state index in [9.17, 15) is 9.18 Å². The molecule has 0 spiro atoms. The number of aromatic amines is 1. The monoisotopic (exact) mass is 354 g/mol. The summed E-state index contributed by atoms with van der Waals surface area (Å²) in [5, 5.41) is 10.2. The van der Waals surface area contributed by atoms with Crippen LogP contribution in [0.3, 0.4) is 0 Å². The van der Waals surface area contributed by atoms with Crippen LogP contribution in [0.15, 0.2) is 48.5 Å². The Hall–Kier alpha value is -2.66. The van der Waals surface area contributed by atoms with Crippen LogP contribution in [0.25, 0.3) is 22.2 Å². The summed E-state index contributed by atoms with van der Waals surface area (Å²) in [6, 6.07) is 14.3. The van der Waals surface area contributed by atoms with E-state index in [0.717, 1.165) is 27.7 Å². The molecule has 0 radical (unpaired) electrons. The quantitative estimate of drug-likeness (QED) is 0.679. The largest absolute Gasteiger partial charge is 0.395 e. The lowest BCUT2D eigenvalue weighted by Gasteiger charge is -2.19. The highest BCUT2D eigenvalue weighted by molar-refractivity contribution is 5.91. The average Bonchev–Trinajstić information content (AvgIpc) is 3.03. The molecule has 0 unspecified atom stereocenters. The van der Waals surface area contributed by atoms with Gasteiger partial charge in [0.1, 0.15) is 5.82 Å². The molecule has 0 aliphatic heterocycles. The second kappa shape index (κ2) is 8.15. The highest BCUT2D eigenvalue weighted by Crippen LogP contribution is 2.31. The number of para-hydroxylation sites is 1. The number of aromatic nitrogens is 1. The normalized spacial score (nSPS) is 11.0. The van der Waals surface area contributed by atoms with Crippen LogP contribution in [-0.4, -0.2) is 40.6 Å². The lowest BCUT2D eigenvalue weighted by atomic mass is 10.0. The molecule has 1 aromatic heterocycles. The van der Waals surface area contributed by atoms with E-state index in [0.29, 0.717) is 25.9 Å². The van der Waals surface area contributed by atoms with E-state index >= 15 is 0 Å². The van der Waals surface area contributed by atoms with Crippen molar-refractivity contribution in [2.75, 3.05) is 19.7 Å². The molecule has 136 valence electrons. The van der Waals surface area contributed by atoms with Crippen LogP contribution in [0.1, 0.15) is 18.9 Å². The number of halogens is 1. The summed E-state index contributed by atoms with van der Waals surface area (Å²) in [5.74, 6) is -0.249. The van der Waals surface area contributed by atoms with Crippen molar-refractivity contribution in [3.05, 3.63) is 59.9 Å². The second-order valence-corrected chi connectivity index (χ2v) is 6.23. The smallest absolute Gasteiger partial charge is 0.222 e. The molecule has 5 heteroatoms. The predicted octanol–water partition coefficient (Wildman–Crippen LogP) is 3.75. The van der Waals surface area contributed by atoms with E-state index in [1.54, 1.807) is 17.0 Å². The molecular formula is C21H23FN2O2. The first kappa shape index (κ1) is 18.1. The molecule has 0 bridgehead atoms. The first-order valence-electron chi connectivity index (χ1n) is 8.88. The third-order valence-electron chi connectivity index (χ3n) is 4.64. The summed E-state index contributed by atoms with van der Waals surface area (Å²) in [5.41, 5.74) is 3.87. The summed E-state index contributed by atoms with van der Waals surface area (Å²) in [7, 11) is 0. The fourth-order valence-electron chi connectivity index (χ4n) is 3.29. The topological polar surface area (TPSA) is 56.3 Å². The molecule has 3 aromatic rings. The van der Waals surface area contributed by atoms with Gasteiger partial charge in [-0.2, -0.15) is 0 Å². The van der Waals surface area contributed by atoms with Crippen LogP contribution in [0.4, 0.5) is 4.39 Å². The van der Waals surface area contributed by atoms with Crippen molar-refractivity contribution in [3.8, 4) is 11.3 Å². The van der Waals surface area contributed by atoms with E-state index in [1.807, 2.05) is 31.2 Å². The number of carbonyl (C=O) groups is 1. The number of benzene rings is 2. The Morgan fingerprint density at radius 3 is 2.58 bits per heavy atom. The van der Waals surface area contributed by atoms with Gasteiger partial charge in [0.25, 0.3) is 0 Å². The molecule has 0 aliphatic carbocycles. The van der Waals surface area contributed by atoms with Crippen LogP contribution in [0.2, 0.25) is 0 Å². The van der Waals surface area contributed by atoms with Gasteiger partial charge < -0.3 is 15.0 Å². The van der Waals surface area contributed by atoms with Gasteiger partial charge >= 0.3 is 0 Å². The van der Waals surface area contributed by atoms with Crippen LogP contribution in [0.5, 0.6) is 0 Å². The standard InChI is InChI=1S/C21H23FN2O2/c1-2-24(13-14-25)20(26)12-11-18-17-5-3-4-6-19(17)23-21(18)15-7-9-16(22)10-8-15/h3-10,23,25H,2,11-14H2,1H3. The second-order valence-electron chi connectivity index (χ2n) is 6.23. The molecule has 2 N–H and O–H groups in total. The number of nitrogens with one attached hydrogen (secondary N) is 1. The molecule has 1 heterocycles. The van der Waals surface area contributed by atoms with E-state index in [2.05, 4.69) is 4.98 Å². The lowest BCUT2D eigenvalue weighted by molar-refractivity contribution is -0.131. The Bertz CT molecular complexity index is 887. The lowest BCUT2D eigenvalue weighted by Crippen LogP contribution is -2.33. The minimum atomic E-state index is -0.274. The molecule has 1 amide bonds. The molecular weight excluding hydrogens is 331 g/mol. The molecule has 0 saturated carbocycles. The average molecular weight is 354 g/mol. The summed E-state index contributed by atoms with van der Waals surface area (Å²) in [6.45, 7) is 2.81. The van der Waals surface area contributed by atoms with Gasteiger partial charge in [-0.05, 0) is 54.8 Å². The van der Waals surface area contributed by atoms with Crippen LogP contribution in [-0.2, 0) is 11.2 Å². The van der Waals surface area contributed by atoms with Gasteiger partial charge in [-0.1, -0.05) is 18.2 Å². The summed E-state index contributed by atoms with van der Waals surface area (Å²) in [4.78, 5) is 17.5. The van der Waals surface area contributed by atoms with E-state index in [1.165, 1.54) is 12.1 Å². The fraction of sp³-hybridized carbons (Fsp3) is 0.286. The SMILES string of the molecule is CCN(CCO)C(=O)CCc1c(-c2ccc(F)cc2)[nH]c2ccccc12. The first-order chi connectivity index (χ1) is 12.6. The number of rotatable bonds is 7. The van der Waals surface area contributed by atoms with Crippen molar-refractivity contribution in [2.24, 2.45) is 0 Å². The van der Waals surface area contributed by atoms with Crippen molar-refractivity contribution >= 4 is 16.8 Å². The first-order valence-corrected chi connectivity index (χ1v) is 8.88. The number of aliphatic hydroxyl groups is 1. The number of likely N-dealkylation sites (N-methyl/N-ethyl adjacent to an activating group) is 1. The maximum atomic E-state index is 13.3. The van der Waals surface area contributed by atoms with Gasteiger partial charge in [-0.3, -0.25) is 4.79 Å². The van der Waals surface area contributed by atoms with Crippen molar-refractivity contribution in [2.45, 2.75) is 19.8 Å². The zero-order valence-electron chi connectivity index (χ0n) is 14.8. The van der Waals surface area contributed by atoms with Crippen molar-refractivity contribution in [1.82, 2.24) is 9.88 Å². The molecule has 0 saturated heterocycles. The van der Waals surface area contributed by atoms with E-state index < -0.39 is 0 Å². The molecule has 2 aromatic carbocycles. The van der Waals surface area contributed by atoms with Crippen molar-refractivity contribution < 1.29 is 14.3 Å². The van der Waals surface area contributed by atoms with Gasteiger partial charge in [-0.25, -0.2) is 4.39 Å². The Kier molecular flexibility index (Phi) is 5.68. The zero-order valence-corrected chi connectivity index (χ0v) is 14.8. The maximum absolute atomic E-state index is 13.3. The number of amides is 1. The number of aliphatic hydroxyl groups excluding tert-OH is 1. The van der Waals surface area contributed by atoms with Crippen LogP contribution in [0, 0.1) is 5.82 Å². The molecule has 0 aliphatic rings. The van der Waals surface area contributed by atoms with Gasteiger partial charge in [0.05, 0.1) is 6.61 Å². The van der Waals surface area contributed by atoms with Crippen LogP contribution < -0.4 is 0 Å². The summed E-state index contributed by atoms with van der Waals surface area (Å²) >= 11 is 0. The molecule has 0 atom stereocenters. The predicted molar refractivity (Wildman–Crippen MR) is 101 cm³/mol. The van der Waals surface area contributed by atoms with E-state index in [4.69, 9.17) is 5.11 Å². The third-order valence-corrected chi connectivity index (χ3v) is 4.64. The Balaban J connectivity index is 1.92. The molecule has 4 nitrogen and oxygen atoms in total. The Labute approximate surface area is 152 Å². The van der Waals surface area contributed by atoms with Crippen molar-refractivity contribution in [1.29, 1.82) is 0 Å². The third kappa shape index (κ3) is 3.78. The highest BCUT2D eigenvalue weighted by Gasteiger charge is 2.16. The minimum absolute atomic E-state index is 0.0249.